The highest BCUT2D eigenvalue weighted by Gasteiger charge is 2.40. The number of hydrogen-bond donors (Lipinski definition) is 1. The molecule has 0 aromatic rings. The molecule has 0 amide bonds. The number of hydrogen-bond acceptors (Lipinski definition) is 4. The van der Waals surface area contributed by atoms with Gasteiger partial charge in [0.25, 0.3) is 0 Å². The average Bonchev–Trinajstić information content (AvgIpc) is 2.26. The minimum Gasteiger partial charge on any atom is -0.361 e. The molecule has 98 valence electrons. The molecular formula is C11H27NO3Si. The summed E-state index contributed by atoms with van der Waals surface area (Å²) in [6.07, 6.45) is 3.58. The third-order valence-corrected chi connectivity index (χ3v) is 4.81. The lowest BCUT2D eigenvalue weighted by atomic mass is 10.3. The van der Waals surface area contributed by atoms with Crippen molar-refractivity contribution in [2.45, 2.75) is 47.0 Å². The average molecular weight is 249 g/mol. The van der Waals surface area contributed by atoms with Crippen LogP contribution < -0.4 is 4.98 Å². The van der Waals surface area contributed by atoms with E-state index in [1.807, 2.05) is 20.8 Å². The summed E-state index contributed by atoms with van der Waals surface area (Å²) in [4.78, 5) is 3.34. The van der Waals surface area contributed by atoms with E-state index in [1.54, 1.807) is 0 Å². The minimum absolute atomic E-state index is 0.618. The van der Waals surface area contributed by atoms with Gasteiger partial charge in [0.15, 0.2) is 0 Å². The first kappa shape index (κ1) is 16.1. The molecule has 0 saturated heterocycles. The molecule has 0 aliphatic rings. The normalized spacial score (nSPS) is 12.0. The van der Waals surface area contributed by atoms with Gasteiger partial charge < -0.3 is 13.3 Å². The zero-order valence-corrected chi connectivity index (χ0v) is 12.2. The lowest BCUT2D eigenvalue weighted by molar-refractivity contribution is 0.0599. The summed E-state index contributed by atoms with van der Waals surface area (Å²) in [7, 11) is -2.60. The molecule has 0 saturated carbocycles. The second-order valence-corrected chi connectivity index (χ2v) is 5.82. The maximum atomic E-state index is 5.67. The summed E-state index contributed by atoms with van der Waals surface area (Å²) in [6, 6.07) is 0. The fourth-order valence-corrected chi connectivity index (χ4v) is 3.64. The Labute approximate surface area is 101 Å². The van der Waals surface area contributed by atoms with E-state index in [1.165, 1.54) is 12.8 Å². The molecule has 0 bridgehead atoms. The van der Waals surface area contributed by atoms with Crippen molar-refractivity contribution in [3.05, 3.63) is 0 Å². The van der Waals surface area contributed by atoms with Gasteiger partial charge in [-0.15, -0.1) is 0 Å². The van der Waals surface area contributed by atoms with Crippen LogP contribution in [0, 0.1) is 0 Å². The van der Waals surface area contributed by atoms with Crippen LogP contribution in [0.4, 0.5) is 0 Å². The first-order chi connectivity index (χ1) is 7.74. The van der Waals surface area contributed by atoms with E-state index in [2.05, 4.69) is 11.9 Å². The molecule has 0 heterocycles. The van der Waals surface area contributed by atoms with E-state index >= 15 is 0 Å². The summed E-state index contributed by atoms with van der Waals surface area (Å²) < 4.78 is 17.0. The van der Waals surface area contributed by atoms with Gasteiger partial charge in [0.1, 0.15) is 0 Å². The topological polar surface area (TPSA) is 39.7 Å². The van der Waals surface area contributed by atoms with Gasteiger partial charge in [-0.05, 0) is 33.7 Å². The third-order valence-electron chi connectivity index (χ3n) is 2.12. The van der Waals surface area contributed by atoms with Gasteiger partial charge >= 0.3 is 8.97 Å². The van der Waals surface area contributed by atoms with Crippen molar-refractivity contribution in [3.63, 3.8) is 0 Å². The van der Waals surface area contributed by atoms with Crippen LogP contribution in [0.15, 0.2) is 0 Å². The first-order valence-corrected chi connectivity index (χ1v) is 8.14. The predicted octanol–water partition coefficient (Wildman–Crippen LogP) is 2.31. The Morgan fingerprint density at radius 2 is 1.31 bits per heavy atom. The van der Waals surface area contributed by atoms with Gasteiger partial charge in [-0.3, -0.25) is 4.98 Å². The van der Waals surface area contributed by atoms with Crippen LogP contribution >= 0.6 is 0 Å². The Balaban J connectivity index is 4.12. The third kappa shape index (κ3) is 6.60. The summed E-state index contributed by atoms with van der Waals surface area (Å²) in [5.74, 6) is 0. The van der Waals surface area contributed by atoms with E-state index in [0.717, 1.165) is 13.0 Å². The fraction of sp³-hybridized carbons (Fsp3) is 1.00. The van der Waals surface area contributed by atoms with Crippen molar-refractivity contribution in [2.75, 3.05) is 26.4 Å². The Kier molecular flexibility index (Phi) is 10.3. The van der Waals surface area contributed by atoms with E-state index < -0.39 is 8.97 Å². The molecule has 0 aliphatic heterocycles. The fourth-order valence-electron chi connectivity index (χ4n) is 1.46. The van der Waals surface area contributed by atoms with Crippen LogP contribution in [0.25, 0.3) is 0 Å². The molecule has 0 unspecified atom stereocenters. The lowest BCUT2D eigenvalue weighted by Crippen LogP contribution is -2.59. The maximum Gasteiger partial charge on any atom is 0.596 e. The summed E-state index contributed by atoms with van der Waals surface area (Å²) >= 11 is 0. The molecule has 0 aromatic carbocycles. The minimum atomic E-state index is -2.60. The Morgan fingerprint density at radius 1 is 0.812 bits per heavy atom. The second kappa shape index (κ2) is 10.2. The van der Waals surface area contributed by atoms with Crippen molar-refractivity contribution >= 4 is 8.97 Å². The van der Waals surface area contributed by atoms with E-state index in [-0.39, 0.29) is 0 Å². The van der Waals surface area contributed by atoms with Crippen molar-refractivity contribution in [2.24, 2.45) is 0 Å². The van der Waals surface area contributed by atoms with E-state index in [0.29, 0.717) is 19.8 Å². The summed E-state index contributed by atoms with van der Waals surface area (Å²) in [5, 5.41) is 0. The van der Waals surface area contributed by atoms with Crippen molar-refractivity contribution < 1.29 is 13.3 Å². The molecule has 0 fully saturated rings. The van der Waals surface area contributed by atoms with Crippen molar-refractivity contribution in [3.8, 4) is 0 Å². The zero-order valence-electron chi connectivity index (χ0n) is 11.2. The van der Waals surface area contributed by atoms with Crippen LogP contribution in [0.2, 0.25) is 0 Å². The smallest absolute Gasteiger partial charge is 0.361 e. The van der Waals surface area contributed by atoms with Crippen LogP contribution in [0.5, 0.6) is 0 Å². The zero-order chi connectivity index (χ0) is 12.3. The van der Waals surface area contributed by atoms with Crippen LogP contribution in [0.1, 0.15) is 47.0 Å². The van der Waals surface area contributed by atoms with Gasteiger partial charge in [-0.25, -0.2) is 0 Å². The quantitative estimate of drug-likeness (QED) is 0.450. The Bertz CT molecular complexity index is 141. The number of unbranched alkanes of at least 4 members (excludes halogenated alkanes) is 2. The molecule has 5 heteroatoms. The molecule has 0 rings (SSSR count). The highest BCUT2D eigenvalue weighted by Crippen LogP contribution is 2.06. The number of nitrogens with one attached hydrogen (secondary N) is 1. The highest BCUT2D eigenvalue weighted by atomic mass is 28.4. The molecule has 0 aliphatic carbocycles. The van der Waals surface area contributed by atoms with Crippen LogP contribution in [-0.2, 0) is 13.3 Å². The van der Waals surface area contributed by atoms with Gasteiger partial charge in [-0.1, -0.05) is 19.8 Å². The second-order valence-electron chi connectivity index (χ2n) is 3.49. The molecule has 0 spiro atoms. The van der Waals surface area contributed by atoms with Gasteiger partial charge in [-0.2, -0.15) is 0 Å². The monoisotopic (exact) mass is 249 g/mol. The molecule has 1 N–H and O–H groups in total. The molecule has 16 heavy (non-hydrogen) atoms. The van der Waals surface area contributed by atoms with E-state index in [9.17, 15) is 0 Å². The SMILES string of the molecule is CCCCCN[Si](OCC)(OCC)OCC. The van der Waals surface area contributed by atoms with Crippen LogP contribution in [-0.4, -0.2) is 35.3 Å². The Hall–Kier alpha value is 0.0569. The Morgan fingerprint density at radius 3 is 1.69 bits per heavy atom. The summed E-state index contributed by atoms with van der Waals surface area (Å²) in [6.45, 7) is 10.8. The standard InChI is InChI=1S/C11H27NO3Si/c1-5-9-10-11-12-16(13-6-2,14-7-3)15-8-4/h12H,5-11H2,1-4H3. The molecule has 0 radical (unpaired) electrons. The lowest BCUT2D eigenvalue weighted by Gasteiger charge is -2.28. The molecule has 0 atom stereocenters. The largest absolute Gasteiger partial charge is 0.596 e. The summed E-state index contributed by atoms with van der Waals surface area (Å²) in [5.41, 5.74) is 0. The molecular weight excluding hydrogens is 222 g/mol. The number of rotatable bonds is 11. The molecule has 4 nitrogen and oxygen atoms in total. The maximum absolute atomic E-state index is 5.67. The van der Waals surface area contributed by atoms with Crippen LogP contribution in [0.3, 0.4) is 0 Å². The first-order valence-electron chi connectivity index (χ1n) is 6.41. The predicted molar refractivity (Wildman–Crippen MR) is 68.2 cm³/mol. The van der Waals surface area contributed by atoms with Gasteiger partial charge in [0.05, 0.1) is 0 Å². The van der Waals surface area contributed by atoms with E-state index in [4.69, 9.17) is 13.3 Å². The highest BCUT2D eigenvalue weighted by molar-refractivity contribution is 6.57. The van der Waals surface area contributed by atoms with Gasteiger partial charge in [0, 0.05) is 19.8 Å². The van der Waals surface area contributed by atoms with Gasteiger partial charge in [0.2, 0.25) is 0 Å². The van der Waals surface area contributed by atoms with Crippen molar-refractivity contribution in [1.29, 1.82) is 0 Å². The van der Waals surface area contributed by atoms with Crippen molar-refractivity contribution in [1.82, 2.24) is 4.98 Å². The molecule has 0 aromatic heterocycles.